The average Bonchev–Trinajstić information content (AvgIpc) is 2.84. The zero-order chi connectivity index (χ0) is 12.0. The SMILES string of the molecule is O=C(O)C1(C(=O)c2ccccc2)CC1(Cl)Cl. The molecule has 2 rings (SSSR count). The fraction of sp³-hybridized carbons (Fsp3) is 0.273. The summed E-state index contributed by atoms with van der Waals surface area (Å²) in [4.78, 5) is 23.2. The largest absolute Gasteiger partial charge is 0.480 e. The number of carbonyl (C=O) groups excluding carboxylic acids is 1. The van der Waals surface area contributed by atoms with Crippen LogP contribution in [0.25, 0.3) is 0 Å². The number of ketones is 1. The van der Waals surface area contributed by atoms with Gasteiger partial charge in [-0.25, -0.2) is 0 Å². The van der Waals surface area contributed by atoms with E-state index in [0.29, 0.717) is 5.56 Å². The van der Waals surface area contributed by atoms with Crippen molar-refractivity contribution in [1.29, 1.82) is 0 Å². The molecule has 0 aromatic heterocycles. The number of carboxylic acid groups (broad SMARTS) is 1. The number of hydrogen-bond acceptors (Lipinski definition) is 2. The van der Waals surface area contributed by atoms with E-state index in [0.717, 1.165) is 0 Å². The summed E-state index contributed by atoms with van der Waals surface area (Å²) in [6, 6.07) is 8.17. The number of Topliss-reactive ketones (excluding diaryl/α,β-unsaturated/α-hetero) is 1. The Balaban J connectivity index is 2.40. The zero-order valence-corrected chi connectivity index (χ0v) is 9.63. The van der Waals surface area contributed by atoms with Crippen LogP contribution in [0.4, 0.5) is 0 Å². The molecular formula is C11H8Cl2O3. The molecule has 0 heterocycles. The summed E-state index contributed by atoms with van der Waals surface area (Å²) in [7, 11) is 0. The summed E-state index contributed by atoms with van der Waals surface area (Å²) >= 11 is 11.5. The quantitative estimate of drug-likeness (QED) is 0.515. The van der Waals surface area contributed by atoms with Gasteiger partial charge in [0.25, 0.3) is 0 Å². The second kappa shape index (κ2) is 3.47. The van der Waals surface area contributed by atoms with Crippen molar-refractivity contribution in [3.8, 4) is 0 Å². The molecule has 0 bridgehead atoms. The molecule has 0 saturated heterocycles. The Morgan fingerprint density at radius 3 is 2.06 bits per heavy atom. The fourth-order valence-electron chi connectivity index (χ4n) is 1.70. The van der Waals surface area contributed by atoms with Gasteiger partial charge >= 0.3 is 5.97 Å². The molecule has 1 atom stereocenters. The maximum Gasteiger partial charge on any atom is 0.320 e. The molecule has 1 aromatic carbocycles. The van der Waals surface area contributed by atoms with Crippen molar-refractivity contribution in [3.05, 3.63) is 35.9 Å². The molecule has 0 spiro atoms. The first-order chi connectivity index (χ1) is 7.42. The molecule has 16 heavy (non-hydrogen) atoms. The highest BCUT2D eigenvalue weighted by Gasteiger charge is 2.76. The van der Waals surface area contributed by atoms with Crippen molar-refractivity contribution in [1.82, 2.24) is 0 Å². The smallest absolute Gasteiger partial charge is 0.320 e. The van der Waals surface area contributed by atoms with Gasteiger partial charge in [0.2, 0.25) is 0 Å². The highest BCUT2D eigenvalue weighted by Crippen LogP contribution is 2.65. The third kappa shape index (κ3) is 1.43. The van der Waals surface area contributed by atoms with Crippen LogP contribution >= 0.6 is 23.2 Å². The van der Waals surface area contributed by atoms with Crippen molar-refractivity contribution in [3.63, 3.8) is 0 Å². The number of alkyl halides is 2. The van der Waals surface area contributed by atoms with Crippen LogP contribution in [-0.2, 0) is 4.79 Å². The van der Waals surface area contributed by atoms with Gasteiger partial charge in [0.15, 0.2) is 11.2 Å². The summed E-state index contributed by atoms with van der Waals surface area (Å²) < 4.78 is -1.49. The van der Waals surface area contributed by atoms with Crippen molar-refractivity contribution in [2.24, 2.45) is 5.41 Å². The van der Waals surface area contributed by atoms with Crippen LogP contribution in [0.2, 0.25) is 0 Å². The first kappa shape index (κ1) is 11.4. The molecule has 1 saturated carbocycles. The minimum absolute atomic E-state index is 0.0494. The summed E-state index contributed by atoms with van der Waals surface area (Å²) in [6.45, 7) is 0. The summed E-state index contributed by atoms with van der Waals surface area (Å²) in [6.07, 6.45) is -0.0494. The van der Waals surface area contributed by atoms with Crippen LogP contribution in [0, 0.1) is 5.41 Å². The second-order valence-corrected chi connectivity index (χ2v) is 5.27. The summed E-state index contributed by atoms with van der Waals surface area (Å²) in [5.74, 6) is -1.81. The van der Waals surface area contributed by atoms with Gasteiger partial charge in [0.05, 0.1) is 0 Å². The van der Waals surface area contributed by atoms with E-state index in [1.54, 1.807) is 30.3 Å². The van der Waals surface area contributed by atoms with E-state index in [1.807, 2.05) is 0 Å². The van der Waals surface area contributed by atoms with Gasteiger partial charge in [0, 0.05) is 12.0 Å². The highest BCUT2D eigenvalue weighted by atomic mass is 35.5. The zero-order valence-electron chi connectivity index (χ0n) is 8.11. The topological polar surface area (TPSA) is 54.4 Å². The number of carbonyl (C=O) groups is 2. The number of hydrogen-bond donors (Lipinski definition) is 1. The molecule has 1 aliphatic rings. The first-order valence-electron chi connectivity index (χ1n) is 4.63. The van der Waals surface area contributed by atoms with E-state index in [-0.39, 0.29) is 6.42 Å². The monoisotopic (exact) mass is 258 g/mol. The Bertz CT molecular complexity index is 456. The molecule has 0 aliphatic heterocycles. The molecular weight excluding hydrogens is 251 g/mol. The molecule has 1 N–H and O–H groups in total. The van der Waals surface area contributed by atoms with E-state index in [4.69, 9.17) is 28.3 Å². The lowest BCUT2D eigenvalue weighted by atomic mass is 9.95. The van der Waals surface area contributed by atoms with E-state index >= 15 is 0 Å². The van der Waals surface area contributed by atoms with Crippen molar-refractivity contribution in [2.45, 2.75) is 10.8 Å². The van der Waals surface area contributed by atoms with Crippen LogP contribution in [-0.4, -0.2) is 21.2 Å². The van der Waals surface area contributed by atoms with Gasteiger partial charge in [-0.2, -0.15) is 0 Å². The lowest BCUT2D eigenvalue weighted by Crippen LogP contribution is -2.31. The molecule has 0 radical (unpaired) electrons. The van der Waals surface area contributed by atoms with Crippen LogP contribution in [0.1, 0.15) is 16.8 Å². The Morgan fingerprint density at radius 2 is 1.69 bits per heavy atom. The predicted octanol–water partition coefficient (Wildman–Crippen LogP) is 2.52. The molecule has 1 aliphatic carbocycles. The number of halogens is 2. The van der Waals surface area contributed by atoms with E-state index in [1.165, 1.54) is 0 Å². The lowest BCUT2D eigenvalue weighted by Gasteiger charge is -2.11. The number of carboxylic acids is 1. The van der Waals surface area contributed by atoms with Gasteiger partial charge in [-0.3, -0.25) is 9.59 Å². The van der Waals surface area contributed by atoms with E-state index < -0.39 is 21.5 Å². The third-order valence-electron chi connectivity index (χ3n) is 2.78. The molecule has 1 fully saturated rings. The first-order valence-corrected chi connectivity index (χ1v) is 5.38. The number of benzene rings is 1. The van der Waals surface area contributed by atoms with Crippen LogP contribution in [0.3, 0.4) is 0 Å². The maximum atomic E-state index is 12.0. The van der Waals surface area contributed by atoms with Gasteiger partial charge in [-0.15, -0.1) is 0 Å². The average molecular weight is 259 g/mol. The maximum absolute atomic E-state index is 12.0. The molecule has 1 aromatic rings. The van der Waals surface area contributed by atoms with Gasteiger partial charge in [-0.05, 0) is 0 Å². The lowest BCUT2D eigenvalue weighted by molar-refractivity contribution is -0.141. The normalized spacial score (nSPS) is 26.1. The molecule has 3 nitrogen and oxygen atoms in total. The van der Waals surface area contributed by atoms with Crippen LogP contribution < -0.4 is 0 Å². The molecule has 5 heteroatoms. The standard InChI is InChI=1S/C11H8Cl2O3/c12-11(13)6-10(11,9(15)16)8(14)7-4-2-1-3-5-7/h1-5H,6H2,(H,15,16). The van der Waals surface area contributed by atoms with E-state index in [2.05, 4.69) is 0 Å². The fourth-order valence-corrected chi connectivity index (χ4v) is 2.43. The van der Waals surface area contributed by atoms with E-state index in [9.17, 15) is 9.59 Å². The Hall–Kier alpha value is -1.06. The predicted molar refractivity (Wildman–Crippen MR) is 59.9 cm³/mol. The van der Waals surface area contributed by atoms with Crippen molar-refractivity contribution < 1.29 is 14.7 Å². The summed E-state index contributed by atoms with van der Waals surface area (Å²) in [5, 5.41) is 9.08. The Morgan fingerprint density at radius 1 is 1.19 bits per heavy atom. The molecule has 0 amide bonds. The minimum Gasteiger partial charge on any atom is -0.480 e. The molecule has 84 valence electrons. The van der Waals surface area contributed by atoms with Gasteiger partial charge < -0.3 is 5.11 Å². The minimum atomic E-state index is -1.68. The van der Waals surface area contributed by atoms with Crippen LogP contribution in [0.15, 0.2) is 30.3 Å². The molecule has 1 unspecified atom stereocenters. The Kier molecular flexibility index (Phi) is 2.48. The number of rotatable bonds is 3. The number of aliphatic carboxylic acids is 1. The van der Waals surface area contributed by atoms with Crippen molar-refractivity contribution >= 4 is 35.0 Å². The highest BCUT2D eigenvalue weighted by molar-refractivity contribution is 6.56. The Labute approximate surface area is 102 Å². The van der Waals surface area contributed by atoms with Gasteiger partial charge in [-0.1, -0.05) is 53.5 Å². The second-order valence-electron chi connectivity index (χ2n) is 3.79. The third-order valence-corrected chi connectivity index (χ3v) is 3.69. The van der Waals surface area contributed by atoms with Gasteiger partial charge in [0.1, 0.15) is 4.33 Å². The van der Waals surface area contributed by atoms with Crippen LogP contribution in [0.5, 0.6) is 0 Å². The van der Waals surface area contributed by atoms with Crippen molar-refractivity contribution in [2.75, 3.05) is 0 Å². The summed E-state index contributed by atoms with van der Waals surface area (Å²) in [5.41, 5.74) is -1.37.